The summed E-state index contributed by atoms with van der Waals surface area (Å²) in [6.07, 6.45) is 5.25. The molecule has 5 nitrogen and oxygen atoms in total. The van der Waals surface area contributed by atoms with Gasteiger partial charge in [0.1, 0.15) is 5.82 Å². The summed E-state index contributed by atoms with van der Waals surface area (Å²) in [4.78, 5) is 8.56. The van der Waals surface area contributed by atoms with Crippen LogP contribution in [-0.4, -0.2) is 26.3 Å². The topological polar surface area (TPSA) is 69.6 Å². The Kier molecular flexibility index (Phi) is 4.04. The zero-order valence-electron chi connectivity index (χ0n) is 10.9. The van der Waals surface area contributed by atoms with Crippen LogP contribution in [-0.2, 0) is 12.8 Å². The van der Waals surface area contributed by atoms with Gasteiger partial charge in [0.05, 0.1) is 6.04 Å². The molecule has 0 saturated heterocycles. The van der Waals surface area contributed by atoms with Crippen molar-refractivity contribution in [2.75, 3.05) is 6.54 Å². The summed E-state index contributed by atoms with van der Waals surface area (Å²) in [5.41, 5.74) is 7.02. The highest BCUT2D eigenvalue weighted by Gasteiger charge is 2.17. The minimum atomic E-state index is 0.0377. The first kappa shape index (κ1) is 12.7. The summed E-state index contributed by atoms with van der Waals surface area (Å²) in [5, 5.41) is 4.55. The number of nitrogens with two attached hydrogens (primary N) is 1. The van der Waals surface area contributed by atoms with E-state index in [1.807, 2.05) is 16.8 Å². The number of hydrogen-bond donors (Lipinski definition) is 1. The normalized spacial score (nSPS) is 12.6. The Morgan fingerprint density at radius 3 is 2.50 bits per heavy atom. The summed E-state index contributed by atoms with van der Waals surface area (Å²) >= 11 is 0. The van der Waals surface area contributed by atoms with Crippen molar-refractivity contribution in [3.8, 4) is 0 Å². The van der Waals surface area contributed by atoms with E-state index in [2.05, 4.69) is 28.9 Å². The first-order chi connectivity index (χ1) is 8.80. The highest BCUT2D eigenvalue weighted by atomic mass is 15.4. The summed E-state index contributed by atoms with van der Waals surface area (Å²) in [6.45, 7) is 4.65. The molecule has 0 aromatic carbocycles. The zero-order valence-corrected chi connectivity index (χ0v) is 10.9. The van der Waals surface area contributed by atoms with Crippen molar-refractivity contribution >= 4 is 0 Å². The Labute approximate surface area is 107 Å². The second-order valence-electron chi connectivity index (χ2n) is 4.13. The van der Waals surface area contributed by atoms with Gasteiger partial charge in [-0.3, -0.25) is 4.98 Å². The van der Waals surface area contributed by atoms with Crippen LogP contribution in [0.5, 0.6) is 0 Å². The Hall–Kier alpha value is -1.75. The molecule has 18 heavy (non-hydrogen) atoms. The van der Waals surface area contributed by atoms with Crippen molar-refractivity contribution in [3.63, 3.8) is 0 Å². The van der Waals surface area contributed by atoms with E-state index in [9.17, 15) is 0 Å². The molecule has 2 heterocycles. The average molecular weight is 245 g/mol. The van der Waals surface area contributed by atoms with Crippen molar-refractivity contribution < 1.29 is 0 Å². The molecular formula is C13H19N5. The number of hydrogen-bond acceptors (Lipinski definition) is 4. The molecule has 0 aliphatic heterocycles. The van der Waals surface area contributed by atoms with Gasteiger partial charge in [0.2, 0.25) is 0 Å². The molecule has 0 saturated carbocycles. The first-order valence-corrected chi connectivity index (χ1v) is 6.34. The van der Waals surface area contributed by atoms with Gasteiger partial charge in [0.25, 0.3) is 0 Å². The number of pyridine rings is 1. The molecule has 0 amide bonds. The van der Waals surface area contributed by atoms with E-state index in [1.165, 1.54) is 0 Å². The van der Waals surface area contributed by atoms with Gasteiger partial charge in [0.15, 0.2) is 5.82 Å². The Balaban J connectivity index is 2.41. The van der Waals surface area contributed by atoms with Gasteiger partial charge in [-0.25, -0.2) is 9.67 Å². The van der Waals surface area contributed by atoms with Crippen LogP contribution in [0.15, 0.2) is 24.5 Å². The molecule has 0 radical (unpaired) electrons. The van der Waals surface area contributed by atoms with E-state index in [0.717, 1.165) is 30.1 Å². The third kappa shape index (κ3) is 2.41. The predicted molar refractivity (Wildman–Crippen MR) is 70.2 cm³/mol. The van der Waals surface area contributed by atoms with Gasteiger partial charge < -0.3 is 5.73 Å². The van der Waals surface area contributed by atoms with Crippen molar-refractivity contribution in [1.29, 1.82) is 0 Å². The van der Waals surface area contributed by atoms with Crippen LogP contribution in [0.1, 0.15) is 37.1 Å². The smallest absolute Gasteiger partial charge is 0.150 e. The monoisotopic (exact) mass is 245 g/mol. The number of rotatable bonds is 5. The molecule has 96 valence electrons. The maximum atomic E-state index is 5.90. The largest absolute Gasteiger partial charge is 0.328 e. The fraction of sp³-hybridized carbons (Fsp3) is 0.462. The van der Waals surface area contributed by atoms with Crippen LogP contribution < -0.4 is 5.73 Å². The first-order valence-electron chi connectivity index (χ1n) is 6.34. The second kappa shape index (κ2) is 5.73. The molecule has 0 aliphatic carbocycles. The van der Waals surface area contributed by atoms with Gasteiger partial charge in [-0.05, 0) is 17.7 Å². The van der Waals surface area contributed by atoms with Gasteiger partial charge >= 0.3 is 0 Å². The fourth-order valence-electron chi connectivity index (χ4n) is 2.01. The van der Waals surface area contributed by atoms with Crippen LogP contribution in [0, 0.1) is 0 Å². The number of aryl methyl sites for hydroxylation is 2. The minimum absolute atomic E-state index is 0.0377. The molecule has 2 rings (SSSR count). The van der Waals surface area contributed by atoms with Crippen LogP contribution in [0.2, 0.25) is 0 Å². The molecule has 2 aromatic rings. The van der Waals surface area contributed by atoms with E-state index in [4.69, 9.17) is 5.73 Å². The predicted octanol–water partition coefficient (Wildman–Crippen LogP) is 1.35. The quantitative estimate of drug-likeness (QED) is 0.863. The molecular weight excluding hydrogens is 226 g/mol. The van der Waals surface area contributed by atoms with Crippen LogP contribution >= 0.6 is 0 Å². The summed E-state index contributed by atoms with van der Waals surface area (Å²) in [6, 6.07) is 3.99. The molecule has 0 aliphatic rings. The lowest BCUT2D eigenvalue weighted by Crippen LogP contribution is -2.23. The number of aromatic nitrogens is 4. The third-order valence-corrected chi connectivity index (χ3v) is 2.99. The molecule has 0 bridgehead atoms. The van der Waals surface area contributed by atoms with Gasteiger partial charge in [-0.15, -0.1) is 0 Å². The molecule has 2 aromatic heterocycles. The molecule has 5 heteroatoms. The average Bonchev–Trinajstić information content (AvgIpc) is 2.84. The van der Waals surface area contributed by atoms with E-state index in [0.29, 0.717) is 6.54 Å². The van der Waals surface area contributed by atoms with Crippen molar-refractivity contribution in [3.05, 3.63) is 41.7 Å². The van der Waals surface area contributed by atoms with Crippen LogP contribution in [0.3, 0.4) is 0 Å². The molecule has 1 unspecified atom stereocenters. The van der Waals surface area contributed by atoms with Gasteiger partial charge in [-0.1, -0.05) is 13.8 Å². The van der Waals surface area contributed by atoms with Crippen molar-refractivity contribution in [2.24, 2.45) is 5.73 Å². The Morgan fingerprint density at radius 1 is 1.22 bits per heavy atom. The molecule has 2 N–H and O–H groups in total. The fourth-order valence-corrected chi connectivity index (χ4v) is 2.01. The van der Waals surface area contributed by atoms with E-state index in [-0.39, 0.29) is 6.04 Å². The summed E-state index contributed by atoms with van der Waals surface area (Å²) in [5.74, 6) is 1.86. The third-order valence-electron chi connectivity index (χ3n) is 2.99. The van der Waals surface area contributed by atoms with Gasteiger partial charge in [0, 0.05) is 31.8 Å². The highest BCUT2D eigenvalue weighted by molar-refractivity contribution is 5.17. The van der Waals surface area contributed by atoms with E-state index < -0.39 is 0 Å². The number of nitrogens with zero attached hydrogens (tertiary/aromatic N) is 4. The Bertz CT molecular complexity index is 491. The van der Waals surface area contributed by atoms with Crippen molar-refractivity contribution in [2.45, 2.75) is 32.7 Å². The lowest BCUT2D eigenvalue weighted by molar-refractivity contribution is 0.505. The maximum Gasteiger partial charge on any atom is 0.150 e. The summed E-state index contributed by atoms with van der Waals surface area (Å²) in [7, 11) is 0. The Morgan fingerprint density at radius 2 is 1.94 bits per heavy atom. The standard InChI is InChI=1S/C13H19N5/c1-3-12-16-13(4-2)18(17-12)11(9-14)10-5-7-15-8-6-10/h5-8,11H,3-4,9,14H2,1-2H3. The second-order valence-corrected chi connectivity index (χ2v) is 4.13. The highest BCUT2D eigenvalue weighted by Crippen LogP contribution is 2.18. The summed E-state index contributed by atoms with van der Waals surface area (Å²) < 4.78 is 1.95. The van der Waals surface area contributed by atoms with Crippen molar-refractivity contribution in [1.82, 2.24) is 19.7 Å². The van der Waals surface area contributed by atoms with E-state index >= 15 is 0 Å². The minimum Gasteiger partial charge on any atom is -0.328 e. The van der Waals surface area contributed by atoms with E-state index in [1.54, 1.807) is 12.4 Å². The maximum absolute atomic E-state index is 5.90. The zero-order chi connectivity index (χ0) is 13.0. The van der Waals surface area contributed by atoms with Crippen LogP contribution in [0.4, 0.5) is 0 Å². The van der Waals surface area contributed by atoms with Gasteiger partial charge in [-0.2, -0.15) is 5.10 Å². The lowest BCUT2D eigenvalue weighted by Gasteiger charge is -2.17. The molecule has 0 spiro atoms. The molecule has 0 fully saturated rings. The lowest BCUT2D eigenvalue weighted by atomic mass is 10.1. The van der Waals surface area contributed by atoms with Crippen LogP contribution in [0.25, 0.3) is 0 Å². The molecule has 1 atom stereocenters. The SMILES string of the molecule is CCc1nc(CC)n(C(CN)c2ccncc2)n1.